The Kier molecular flexibility index (Phi) is 8.61. The van der Waals surface area contributed by atoms with Gasteiger partial charge in [-0.1, -0.05) is 41.9 Å². The smallest absolute Gasteiger partial charge is 0.268 e. The first kappa shape index (κ1) is 20.3. The van der Waals surface area contributed by atoms with Crippen LogP contribution < -0.4 is 10.1 Å². The standard InChI is InChI=1S/C18H21ClN2O2.ClH/c1-20-12-13-21(2)18(22)17(14-6-4-3-5-7-14)23-16-10-8-15(19)9-11-16;/h3-11,17,20H,12-13H2,1-2H3;1H. The van der Waals surface area contributed by atoms with E-state index in [1.807, 2.05) is 37.4 Å². The lowest BCUT2D eigenvalue weighted by Gasteiger charge is -2.25. The van der Waals surface area contributed by atoms with Crippen molar-refractivity contribution in [2.24, 2.45) is 0 Å². The van der Waals surface area contributed by atoms with E-state index in [0.29, 0.717) is 17.3 Å². The summed E-state index contributed by atoms with van der Waals surface area (Å²) < 4.78 is 5.95. The fourth-order valence-corrected chi connectivity index (χ4v) is 2.25. The summed E-state index contributed by atoms with van der Waals surface area (Å²) in [7, 11) is 3.64. The van der Waals surface area contributed by atoms with E-state index in [-0.39, 0.29) is 18.3 Å². The number of nitrogens with zero attached hydrogens (tertiary/aromatic N) is 1. The number of amides is 1. The van der Waals surface area contributed by atoms with Crippen LogP contribution in [0.15, 0.2) is 54.6 Å². The van der Waals surface area contributed by atoms with Crippen molar-refractivity contribution in [2.45, 2.75) is 6.10 Å². The molecule has 0 fully saturated rings. The second-order valence-corrected chi connectivity index (χ2v) is 5.66. The van der Waals surface area contributed by atoms with E-state index in [4.69, 9.17) is 16.3 Å². The summed E-state index contributed by atoms with van der Waals surface area (Å²) in [5, 5.41) is 3.67. The van der Waals surface area contributed by atoms with Gasteiger partial charge in [0, 0.05) is 30.7 Å². The zero-order valence-electron chi connectivity index (χ0n) is 13.7. The van der Waals surface area contributed by atoms with Gasteiger partial charge in [0.05, 0.1) is 0 Å². The van der Waals surface area contributed by atoms with Crippen molar-refractivity contribution in [1.82, 2.24) is 10.2 Å². The van der Waals surface area contributed by atoms with E-state index in [1.54, 1.807) is 36.2 Å². The molecule has 0 bridgehead atoms. The minimum Gasteiger partial charge on any atom is -0.476 e. The third-order valence-electron chi connectivity index (χ3n) is 3.47. The zero-order chi connectivity index (χ0) is 16.7. The topological polar surface area (TPSA) is 41.6 Å². The van der Waals surface area contributed by atoms with Gasteiger partial charge in [-0.25, -0.2) is 0 Å². The van der Waals surface area contributed by atoms with E-state index < -0.39 is 6.10 Å². The maximum atomic E-state index is 12.8. The van der Waals surface area contributed by atoms with Gasteiger partial charge >= 0.3 is 0 Å². The van der Waals surface area contributed by atoms with Gasteiger partial charge in [-0.15, -0.1) is 12.4 Å². The van der Waals surface area contributed by atoms with Gasteiger partial charge in [-0.05, 0) is 31.3 Å². The van der Waals surface area contributed by atoms with Crippen LogP contribution >= 0.6 is 24.0 Å². The summed E-state index contributed by atoms with van der Waals surface area (Å²) in [6.45, 7) is 1.34. The van der Waals surface area contributed by atoms with Crippen molar-refractivity contribution in [3.05, 3.63) is 65.2 Å². The molecule has 0 aliphatic carbocycles. The van der Waals surface area contributed by atoms with Gasteiger partial charge in [0.15, 0.2) is 0 Å². The Labute approximate surface area is 154 Å². The van der Waals surface area contributed by atoms with Crippen LogP contribution in [0.3, 0.4) is 0 Å². The van der Waals surface area contributed by atoms with Gasteiger partial charge < -0.3 is 15.0 Å². The Morgan fingerprint density at radius 2 is 1.79 bits per heavy atom. The van der Waals surface area contributed by atoms with E-state index in [2.05, 4.69) is 5.32 Å². The van der Waals surface area contributed by atoms with Crippen LogP contribution in [-0.2, 0) is 4.79 Å². The number of likely N-dealkylation sites (N-methyl/N-ethyl adjacent to an activating group) is 2. The lowest BCUT2D eigenvalue weighted by molar-refractivity contribution is -0.137. The first-order valence-electron chi connectivity index (χ1n) is 7.48. The second-order valence-electron chi connectivity index (χ2n) is 5.23. The SMILES string of the molecule is CNCCN(C)C(=O)C(Oc1ccc(Cl)cc1)c1ccccc1.Cl. The summed E-state index contributed by atoms with van der Waals surface area (Å²) in [5.41, 5.74) is 0.823. The quantitative estimate of drug-likeness (QED) is 0.812. The van der Waals surface area contributed by atoms with Gasteiger partial charge in [-0.2, -0.15) is 0 Å². The molecular formula is C18H22Cl2N2O2. The molecule has 2 aromatic carbocycles. The van der Waals surface area contributed by atoms with Crippen LogP contribution in [0.5, 0.6) is 5.75 Å². The molecule has 1 N–H and O–H groups in total. The molecule has 1 atom stereocenters. The van der Waals surface area contributed by atoms with E-state index in [9.17, 15) is 4.79 Å². The predicted molar refractivity (Wildman–Crippen MR) is 100 cm³/mol. The molecule has 0 aromatic heterocycles. The number of carbonyl (C=O) groups is 1. The van der Waals surface area contributed by atoms with Gasteiger partial charge in [0.1, 0.15) is 5.75 Å². The zero-order valence-corrected chi connectivity index (χ0v) is 15.3. The molecule has 0 spiro atoms. The Morgan fingerprint density at radius 1 is 1.17 bits per heavy atom. The van der Waals surface area contributed by atoms with Crippen molar-refractivity contribution in [2.75, 3.05) is 27.2 Å². The number of halogens is 2. The Hall–Kier alpha value is -1.75. The van der Waals surface area contributed by atoms with Crippen molar-refractivity contribution in [3.8, 4) is 5.75 Å². The Balaban J connectivity index is 0.00000288. The molecule has 0 aliphatic heterocycles. The highest BCUT2D eigenvalue weighted by Gasteiger charge is 2.25. The third-order valence-corrected chi connectivity index (χ3v) is 3.72. The molecule has 0 saturated carbocycles. The van der Waals surface area contributed by atoms with Crippen LogP contribution in [0.25, 0.3) is 0 Å². The molecule has 1 unspecified atom stereocenters. The van der Waals surface area contributed by atoms with Crippen molar-refractivity contribution in [3.63, 3.8) is 0 Å². The molecule has 6 heteroatoms. The van der Waals surface area contributed by atoms with Crippen LogP contribution in [0.4, 0.5) is 0 Å². The number of rotatable bonds is 7. The fourth-order valence-electron chi connectivity index (χ4n) is 2.13. The van der Waals surface area contributed by atoms with E-state index in [0.717, 1.165) is 12.1 Å². The maximum absolute atomic E-state index is 12.8. The van der Waals surface area contributed by atoms with Crippen molar-refractivity contribution in [1.29, 1.82) is 0 Å². The number of ether oxygens (including phenoxy) is 1. The van der Waals surface area contributed by atoms with Crippen LogP contribution in [0.1, 0.15) is 11.7 Å². The Bertz CT molecular complexity index is 621. The highest BCUT2D eigenvalue weighted by Crippen LogP contribution is 2.25. The van der Waals surface area contributed by atoms with Gasteiger partial charge in [-0.3, -0.25) is 4.79 Å². The summed E-state index contributed by atoms with van der Waals surface area (Å²) in [5.74, 6) is 0.528. The highest BCUT2D eigenvalue weighted by molar-refractivity contribution is 6.30. The molecule has 2 aromatic rings. The van der Waals surface area contributed by atoms with Crippen molar-refractivity contribution >= 4 is 29.9 Å². The molecule has 0 radical (unpaired) electrons. The lowest BCUT2D eigenvalue weighted by Crippen LogP contribution is -2.38. The largest absolute Gasteiger partial charge is 0.476 e. The minimum atomic E-state index is -0.681. The van der Waals surface area contributed by atoms with Gasteiger partial charge in [0.25, 0.3) is 5.91 Å². The fraction of sp³-hybridized carbons (Fsp3) is 0.278. The first-order chi connectivity index (χ1) is 11.1. The first-order valence-corrected chi connectivity index (χ1v) is 7.86. The number of nitrogens with one attached hydrogen (secondary N) is 1. The summed E-state index contributed by atoms with van der Waals surface area (Å²) in [6.07, 6.45) is -0.681. The third kappa shape index (κ3) is 5.71. The van der Waals surface area contributed by atoms with Gasteiger partial charge in [0.2, 0.25) is 6.10 Å². The molecule has 0 saturated heterocycles. The van der Waals surface area contributed by atoms with E-state index >= 15 is 0 Å². The molecule has 24 heavy (non-hydrogen) atoms. The normalized spacial score (nSPS) is 11.3. The number of hydrogen-bond donors (Lipinski definition) is 1. The number of carbonyl (C=O) groups excluding carboxylic acids is 1. The average Bonchev–Trinajstić information content (AvgIpc) is 2.59. The molecule has 0 aliphatic rings. The lowest BCUT2D eigenvalue weighted by atomic mass is 10.1. The van der Waals surface area contributed by atoms with Crippen molar-refractivity contribution < 1.29 is 9.53 Å². The van der Waals surface area contributed by atoms with Crippen LogP contribution in [0, 0.1) is 0 Å². The number of benzene rings is 2. The highest BCUT2D eigenvalue weighted by atomic mass is 35.5. The molecule has 130 valence electrons. The monoisotopic (exact) mass is 368 g/mol. The molecule has 0 heterocycles. The molecular weight excluding hydrogens is 347 g/mol. The molecule has 4 nitrogen and oxygen atoms in total. The second kappa shape index (κ2) is 10.2. The van der Waals surface area contributed by atoms with Crippen LogP contribution in [0.2, 0.25) is 5.02 Å². The maximum Gasteiger partial charge on any atom is 0.268 e. The Morgan fingerprint density at radius 3 is 2.38 bits per heavy atom. The molecule has 2 rings (SSSR count). The summed E-state index contributed by atoms with van der Waals surface area (Å²) in [6, 6.07) is 16.5. The summed E-state index contributed by atoms with van der Waals surface area (Å²) >= 11 is 5.90. The van der Waals surface area contributed by atoms with E-state index in [1.165, 1.54) is 0 Å². The number of hydrogen-bond acceptors (Lipinski definition) is 3. The predicted octanol–water partition coefficient (Wildman–Crippen LogP) is 3.56. The average molecular weight is 369 g/mol. The summed E-state index contributed by atoms with van der Waals surface area (Å²) in [4.78, 5) is 14.4. The molecule has 1 amide bonds. The van der Waals surface area contributed by atoms with Crippen LogP contribution in [-0.4, -0.2) is 38.0 Å². The minimum absolute atomic E-state index is 0.